The third-order valence-corrected chi connectivity index (χ3v) is 7.22. The lowest BCUT2D eigenvalue weighted by Gasteiger charge is -2.20. The van der Waals surface area contributed by atoms with Crippen molar-refractivity contribution in [3.8, 4) is 16.9 Å². The van der Waals surface area contributed by atoms with Gasteiger partial charge in [0.1, 0.15) is 17.8 Å². The molecule has 3 nitrogen and oxygen atoms in total. The molecule has 1 fully saturated rings. The van der Waals surface area contributed by atoms with Crippen LogP contribution in [0.25, 0.3) is 32.9 Å². The van der Waals surface area contributed by atoms with Gasteiger partial charge in [0.15, 0.2) is 0 Å². The number of methoxy groups -OCH3 is 1. The molecule has 3 aromatic carbocycles. The van der Waals surface area contributed by atoms with E-state index in [2.05, 4.69) is 28.8 Å². The number of aromatic nitrogens is 1. The molecular formula is C25H20FNO2. The number of nitrogens with zero attached hydrogens (tertiary/aromatic N) is 1. The Bertz CT molecular complexity index is 1370. The van der Waals surface area contributed by atoms with Crippen LogP contribution < -0.4 is 4.74 Å². The SMILES string of the molecule is COc1ccc2c(c1)C1c3c-2c(F)c(C)c2c4ccccc4n(c32)C2CCC1O2. The second-order valence-corrected chi connectivity index (χ2v) is 8.48. The summed E-state index contributed by atoms with van der Waals surface area (Å²) in [6, 6.07) is 14.4. The molecule has 3 atom stereocenters. The summed E-state index contributed by atoms with van der Waals surface area (Å²) in [6.45, 7) is 1.92. The summed E-state index contributed by atoms with van der Waals surface area (Å²) in [7, 11) is 1.68. The molecule has 4 heteroatoms. The number of ether oxygens (including phenoxy) is 2. The van der Waals surface area contributed by atoms with Gasteiger partial charge in [0.05, 0.1) is 24.2 Å². The maximum Gasteiger partial charge on any atom is 0.135 e. The van der Waals surface area contributed by atoms with Gasteiger partial charge in [-0.05, 0) is 60.2 Å². The molecule has 29 heavy (non-hydrogen) atoms. The minimum absolute atomic E-state index is 0.0102. The van der Waals surface area contributed by atoms with Gasteiger partial charge in [0.2, 0.25) is 0 Å². The number of benzene rings is 3. The molecule has 144 valence electrons. The van der Waals surface area contributed by atoms with Crippen LogP contribution in [0, 0.1) is 12.7 Å². The zero-order valence-electron chi connectivity index (χ0n) is 16.3. The number of fused-ring (bicyclic) bond motifs is 10. The Morgan fingerprint density at radius 1 is 1.14 bits per heavy atom. The lowest BCUT2D eigenvalue weighted by Crippen LogP contribution is -2.16. The predicted octanol–water partition coefficient (Wildman–Crippen LogP) is 6.05. The van der Waals surface area contributed by atoms with E-state index in [1.54, 1.807) is 7.11 Å². The standard InChI is InChI=1S/C25H20FNO2/c1-12-20-15-5-3-4-6-17(15)27-19-10-9-18(29-19)21-16-11-13(28-2)7-8-14(16)22(24(12)26)23(21)25(20)27/h3-8,11,18-19,21H,9-10H2,1-2H3. The lowest BCUT2D eigenvalue weighted by molar-refractivity contribution is 0.00492. The number of hydrogen-bond acceptors (Lipinski definition) is 2. The van der Waals surface area contributed by atoms with Crippen LogP contribution in [-0.2, 0) is 4.74 Å². The second kappa shape index (κ2) is 5.19. The van der Waals surface area contributed by atoms with E-state index in [1.165, 1.54) is 0 Å². The zero-order chi connectivity index (χ0) is 19.4. The van der Waals surface area contributed by atoms with E-state index in [1.807, 2.05) is 25.1 Å². The Morgan fingerprint density at radius 3 is 2.86 bits per heavy atom. The molecule has 2 aliphatic heterocycles. The summed E-state index contributed by atoms with van der Waals surface area (Å²) in [4.78, 5) is 0. The smallest absolute Gasteiger partial charge is 0.135 e. The van der Waals surface area contributed by atoms with Crippen LogP contribution in [0.4, 0.5) is 4.39 Å². The quantitative estimate of drug-likeness (QED) is 0.398. The second-order valence-electron chi connectivity index (χ2n) is 8.48. The van der Waals surface area contributed by atoms with Gasteiger partial charge in [-0.1, -0.05) is 24.3 Å². The molecule has 4 aromatic rings. The number of aryl methyl sites for hydroxylation is 1. The van der Waals surface area contributed by atoms with E-state index in [0.29, 0.717) is 0 Å². The minimum Gasteiger partial charge on any atom is -0.497 e. The van der Waals surface area contributed by atoms with E-state index in [9.17, 15) is 0 Å². The molecule has 0 N–H and O–H groups in total. The largest absolute Gasteiger partial charge is 0.497 e. The van der Waals surface area contributed by atoms with Crippen LogP contribution in [0.15, 0.2) is 42.5 Å². The first-order chi connectivity index (χ1) is 14.2. The average Bonchev–Trinajstić information content (AvgIpc) is 3.39. The fourth-order valence-electron chi connectivity index (χ4n) is 6.08. The first kappa shape index (κ1) is 16.0. The van der Waals surface area contributed by atoms with Crippen molar-refractivity contribution in [3.05, 3.63) is 65.0 Å². The van der Waals surface area contributed by atoms with Gasteiger partial charge >= 0.3 is 0 Å². The van der Waals surface area contributed by atoms with Crippen molar-refractivity contribution in [3.63, 3.8) is 0 Å². The third-order valence-electron chi connectivity index (χ3n) is 7.22. The summed E-state index contributed by atoms with van der Waals surface area (Å²) in [5, 5.41) is 2.15. The summed E-state index contributed by atoms with van der Waals surface area (Å²) >= 11 is 0. The molecule has 0 saturated carbocycles. The van der Waals surface area contributed by atoms with E-state index in [4.69, 9.17) is 9.47 Å². The minimum atomic E-state index is -0.0953. The first-order valence-electron chi connectivity index (χ1n) is 10.3. The molecular weight excluding hydrogens is 365 g/mol. The maximum absolute atomic E-state index is 15.9. The normalized spacial score (nSPS) is 23.6. The summed E-state index contributed by atoms with van der Waals surface area (Å²) in [5.74, 6) is 0.759. The van der Waals surface area contributed by atoms with E-state index in [0.717, 1.165) is 68.2 Å². The van der Waals surface area contributed by atoms with Gasteiger partial charge in [0, 0.05) is 22.3 Å². The van der Waals surface area contributed by atoms with Crippen molar-refractivity contribution < 1.29 is 13.9 Å². The maximum atomic E-state index is 15.9. The molecule has 3 unspecified atom stereocenters. The van der Waals surface area contributed by atoms with Crippen LogP contribution in [0.5, 0.6) is 5.75 Å². The zero-order valence-corrected chi connectivity index (χ0v) is 16.3. The van der Waals surface area contributed by atoms with Crippen LogP contribution >= 0.6 is 0 Å². The van der Waals surface area contributed by atoms with Crippen LogP contribution in [0.1, 0.15) is 41.7 Å². The molecule has 1 saturated heterocycles. The lowest BCUT2D eigenvalue weighted by atomic mass is 9.87. The Labute approximate surface area is 167 Å². The molecule has 7 rings (SSSR count). The number of hydrogen-bond donors (Lipinski definition) is 0. The van der Waals surface area contributed by atoms with Gasteiger partial charge in [-0.15, -0.1) is 0 Å². The summed E-state index contributed by atoms with van der Waals surface area (Å²) < 4.78 is 30.4. The van der Waals surface area contributed by atoms with Crippen molar-refractivity contribution in [2.24, 2.45) is 0 Å². The highest BCUT2D eigenvalue weighted by Crippen LogP contribution is 2.58. The first-order valence-corrected chi connectivity index (χ1v) is 10.3. The van der Waals surface area contributed by atoms with E-state index < -0.39 is 0 Å². The Kier molecular flexibility index (Phi) is 2.87. The van der Waals surface area contributed by atoms with Gasteiger partial charge in [-0.2, -0.15) is 0 Å². The molecule has 0 radical (unpaired) electrons. The molecule has 3 aliphatic rings. The fourth-order valence-corrected chi connectivity index (χ4v) is 6.08. The Hall–Kier alpha value is -2.85. The molecule has 0 amide bonds. The number of halogens is 1. The van der Waals surface area contributed by atoms with Crippen LogP contribution in [-0.4, -0.2) is 17.8 Å². The topological polar surface area (TPSA) is 23.4 Å². The van der Waals surface area contributed by atoms with Crippen molar-refractivity contribution in [1.82, 2.24) is 4.57 Å². The monoisotopic (exact) mass is 385 g/mol. The summed E-state index contributed by atoms with van der Waals surface area (Å²) in [6.07, 6.45) is 2.04. The average molecular weight is 385 g/mol. The highest BCUT2D eigenvalue weighted by atomic mass is 19.1. The van der Waals surface area contributed by atoms with Crippen molar-refractivity contribution in [2.45, 2.75) is 38.0 Å². The Balaban J connectivity index is 1.74. The number of para-hydroxylation sites is 1. The molecule has 2 bridgehead atoms. The van der Waals surface area contributed by atoms with Crippen molar-refractivity contribution in [1.29, 1.82) is 0 Å². The van der Waals surface area contributed by atoms with E-state index in [-0.39, 0.29) is 24.1 Å². The van der Waals surface area contributed by atoms with Crippen LogP contribution in [0.3, 0.4) is 0 Å². The molecule has 3 heterocycles. The van der Waals surface area contributed by atoms with Crippen molar-refractivity contribution >= 4 is 21.8 Å². The summed E-state index contributed by atoms with van der Waals surface area (Å²) in [5.41, 5.74) is 7.01. The van der Waals surface area contributed by atoms with Crippen LogP contribution in [0.2, 0.25) is 0 Å². The molecule has 0 spiro atoms. The number of rotatable bonds is 1. The predicted molar refractivity (Wildman–Crippen MR) is 111 cm³/mol. The van der Waals surface area contributed by atoms with Crippen molar-refractivity contribution in [2.75, 3.05) is 7.11 Å². The van der Waals surface area contributed by atoms with Gasteiger partial charge in [-0.3, -0.25) is 0 Å². The highest BCUT2D eigenvalue weighted by molar-refractivity contribution is 6.13. The highest BCUT2D eigenvalue weighted by Gasteiger charge is 2.46. The van der Waals surface area contributed by atoms with Gasteiger partial charge < -0.3 is 14.0 Å². The fraction of sp³-hybridized carbons (Fsp3) is 0.280. The molecule has 1 aliphatic carbocycles. The van der Waals surface area contributed by atoms with Gasteiger partial charge in [-0.25, -0.2) is 4.39 Å². The Morgan fingerprint density at radius 2 is 2.00 bits per heavy atom. The molecule has 1 aromatic heterocycles. The van der Waals surface area contributed by atoms with E-state index >= 15 is 4.39 Å². The third kappa shape index (κ3) is 1.73. The van der Waals surface area contributed by atoms with Gasteiger partial charge in [0.25, 0.3) is 0 Å².